The van der Waals surface area contributed by atoms with E-state index in [-0.39, 0.29) is 12.7 Å². The number of hydrogen-bond donors (Lipinski definition) is 2. The standard InChI is InChI=1S/C13H19ClN2O2/c1-15-7-10-2-3-11(6-13(10)14)16-4-5-18-12(8-16)9-17/h2-3,6,12,15,17H,4-5,7-9H2,1H3. The highest BCUT2D eigenvalue weighted by atomic mass is 35.5. The van der Waals surface area contributed by atoms with Gasteiger partial charge in [-0.3, -0.25) is 0 Å². The molecule has 0 bridgehead atoms. The second-order valence-electron chi connectivity index (χ2n) is 4.43. The van der Waals surface area contributed by atoms with Crippen LogP contribution >= 0.6 is 11.6 Å². The molecule has 1 aliphatic rings. The lowest BCUT2D eigenvalue weighted by atomic mass is 10.1. The number of hydrogen-bond acceptors (Lipinski definition) is 4. The van der Waals surface area contributed by atoms with Crippen molar-refractivity contribution < 1.29 is 9.84 Å². The van der Waals surface area contributed by atoms with Gasteiger partial charge in [0.05, 0.1) is 19.3 Å². The van der Waals surface area contributed by atoms with Crippen molar-refractivity contribution in [3.05, 3.63) is 28.8 Å². The summed E-state index contributed by atoms with van der Waals surface area (Å²) >= 11 is 6.25. The molecule has 0 aromatic heterocycles. The van der Waals surface area contributed by atoms with E-state index in [0.29, 0.717) is 13.2 Å². The summed E-state index contributed by atoms with van der Waals surface area (Å²) in [6, 6.07) is 6.09. The smallest absolute Gasteiger partial charge is 0.0980 e. The molecule has 1 atom stereocenters. The number of ether oxygens (including phenoxy) is 1. The Labute approximate surface area is 113 Å². The van der Waals surface area contributed by atoms with Gasteiger partial charge in [-0.1, -0.05) is 17.7 Å². The van der Waals surface area contributed by atoms with E-state index in [0.717, 1.165) is 29.4 Å². The molecule has 100 valence electrons. The third-order valence-electron chi connectivity index (χ3n) is 3.11. The molecular weight excluding hydrogens is 252 g/mol. The summed E-state index contributed by atoms with van der Waals surface area (Å²) in [7, 11) is 1.90. The highest BCUT2D eigenvalue weighted by molar-refractivity contribution is 6.31. The van der Waals surface area contributed by atoms with Crippen LogP contribution in [0.3, 0.4) is 0 Å². The van der Waals surface area contributed by atoms with Crippen molar-refractivity contribution in [2.24, 2.45) is 0 Å². The first kappa shape index (κ1) is 13.6. The lowest BCUT2D eigenvalue weighted by molar-refractivity contribution is 0.00357. The van der Waals surface area contributed by atoms with E-state index in [9.17, 15) is 0 Å². The Morgan fingerprint density at radius 3 is 3.06 bits per heavy atom. The predicted molar refractivity (Wildman–Crippen MR) is 73.3 cm³/mol. The summed E-state index contributed by atoms with van der Waals surface area (Å²) in [5.74, 6) is 0. The van der Waals surface area contributed by atoms with Crippen molar-refractivity contribution in [3.8, 4) is 0 Å². The van der Waals surface area contributed by atoms with Crippen LogP contribution in [0.15, 0.2) is 18.2 Å². The maximum atomic E-state index is 9.14. The van der Waals surface area contributed by atoms with Gasteiger partial charge in [-0.25, -0.2) is 0 Å². The summed E-state index contributed by atoms with van der Waals surface area (Å²) < 4.78 is 5.44. The van der Waals surface area contributed by atoms with Crippen LogP contribution in [0.5, 0.6) is 0 Å². The van der Waals surface area contributed by atoms with E-state index in [2.05, 4.69) is 16.3 Å². The van der Waals surface area contributed by atoms with Crippen LogP contribution in [0.1, 0.15) is 5.56 Å². The summed E-state index contributed by atoms with van der Waals surface area (Å²) in [6.07, 6.45) is -0.102. The van der Waals surface area contributed by atoms with Crippen LogP contribution in [0.4, 0.5) is 5.69 Å². The first-order chi connectivity index (χ1) is 8.74. The minimum absolute atomic E-state index is 0.0576. The minimum atomic E-state index is -0.102. The highest BCUT2D eigenvalue weighted by Gasteiger charge is 2.20. The Morgan fingerprint density at radius 1 is 1.56 bits per heavy atom. The molecule has 0 spiro atoms. The van der Waals surface area contributed by atoms with Crippen molar-refractivity contribution in [3.63, 3.8) is 0 Å². The Bertz CT molecular complexity index is 401. The number of benzene rings is 1. The van der Waals surface area contributed by atoms with Crippen LogP contribution in [0.2, 0.25) is 5.02 Å². The fourth-order valence-electron chi connectivity index (χ4n) is 2.13. The van der Waals surface area contributed by atoms with Crippen LogP contribution in [0.25, 0.3) is 0 Å². The summed E-state index contributed by atoms with van der Waals surface area (Å²) in [4.78, 5) is 2.19. The topological polar surface area (TPSA) is 44.7 Å². The Kier molecular flexibility index (Phi) is 4.83. The summed E-state index contributed by atoms with van der Waals surface area (Å²) in [5.41, 5.74) is 2.18. The van der Waals surface area contributed by atoms with Gasteiger partial charge >= 0.3 is 0 Å². The van der Waals surface area contributed by atoms with Crippen LogP contribution in [-0.2, 0) is 11.3 Å². The molecule has 1 fully saturated rings. The molecule has 1 unspecified atom stereocenters. The van der Waals surface area contributed by atoms with Gasteiger partial charge in [0.25, 0.3) is 0 Å². The summed E-state index contributed by atoms with van der Waals surface area (Å²) in [5, 5.41) is 13.0. The van der Waals surface area contributed by atoms with Crippen molar-refractivity contribution in [1.29, 1.82) is 0 Å². The molecule has 4 nitrogen and oxygen atoms in total. The molecular formula is C13H19ClN2O2. The molecule has 0 radical (unpaired) electrons. The van der Waals surface area contributed by atoms with E-state index in [1.165, 1.54) is 0 Å². The number of morpholine rings is 1. The van der Waals surface area contributed by atoms with Gasteiger partial charge in [0.2, 0.25) is 0 Å². The molecule has 0 saturated carbocycles. The van der Waals surface area contributed by atoms with E-state index >= 15 is 0 Å². The Balaban J connectivity index is 2.10. The van der Waals surface area contributed by atoms with Gasteiger partial charge in [0.1, 0.15) is 0 Å². The maximum Gasteiger partial charge on any atom is 0.0980 e. The zero-order valence-electron chi connectivity index (χ0n) is 10.5. The van der Waals surface area contributed by atoms with E-state index in [1.807, 2.05) is 19.2 Å². The molecule has 1 aliphatic heterocycles. The molecule has 0 aliphatic carbocycles. The number of rotatable bonds is 4. The average Bonchev–Trinajstić information content (AvgIpc) is 2.41. The molecule has 18 heavy (non-hydrogen) atoms. The van der Waals surface area contributed by atoms with Crippen LogP contribution < -0.4 is 10.2 Å². The lowest BCUT2D eigenvalue weighted by Gasteiger charge is -2.34. The molecule has 5 heteroatoms. The van der Waals surface area contributed by atoms with Crippen LogP contribution in [0, 0.1) is 0 Å². The molecule has 1 aromatic carbocycles. The third-order valence-corrected chi connectivity index (χ3v) is 3.46. The zero-order chi connectivity index (χ0) is 13.0. The summed E-state index contributed by atoms with van der Waals surface area (Å²) in [6.45, 7) is 3.00. The van der Waals surface area contributed by atoms with Gasteiger partial charge in [0, 0.05) is 30.3 Å². The monoisotopic (exact) mass is 270 g/mol. The van der Waals surface area contributed by atoms with E-state index in [1.54, 1.807) is 0 Å². The van der Waals surface area contributed by atoms with Crippen molar-refractivity contribution in [2.45, 2.75) is 12.6 Å². The van der Waals surface area contributed by atoms with Gasteiger partial charge in [-0.15, -0.1) is 0 Å². The average molecular weight is 271 g/mol. The Hall–Kier alpha value is -0.810. The Morgan fingerprint density at radius 2 is 2.39 bits per heavy atom. The van der Waals surface area contributed by atoms with Crippen molar-refractivity contribution in [1.82, 2.24) is 5.32 Å². The SMILES string of the molecule is CNCc1ccc(N2CCOC(CO)C2)cc1Cl. The highest BCUT2D eigenvalue weighted by Crippen LogP contribution is 2.25. The zero-order valence-corrected chi connectivity index (χ0v) is 11.3. The van der Waals surface area contributed by atoms with Crippen LogP contribution in [-0.4, -0.2) is 44.6 Å². The van der Waals surface area contributed by atoms with E-state index < -0.39 is 0 Å². The lowest BCUT2D eigenvalue weighted by Crippen LogP contribution is -2.44. The van der Waals surface area contributed by atoms with Crippen molar-refractivity contribution in [2.75, 3.05) is 38.3 Å². The molecule has 2 N–H and O–H groups in total. The predicted octanol–water partition coefficient (Wildman–Crippen LogP) is 1.26. The molecule has 0 amide bonds. The molecule has 1 aromatic rings. The molecule has 1 heterocycles. The number of halogens is 1. The maximum absolute atomic E-state index is 9.14. The minimum Gasteiger partial charge on any atom is -0.394 e. The number of aliphatic hydroxyl groups is 1. The fourth-order valence-corrected chi connectivity index (χ4v) is 2.37. The molecule has 1 saturated heterocycles. The number of aliphatic hydroxyl groups excluding tert-OH is 1. The number of anilines is 1. The number of nitrogens with one attached hydrogen (secondary N) is 1. The van der Waals surface area contributed by atoms with Gasteiger partial charge < -0.3 is 20.1 Å². The second kappa shape index (κ2) is 6.38. The third kappa shape index (κ3) is 3.14. The van der Waals surface area contributed by atoms with Gasteiger partial charge in [0.15, 0.2) is 0 Å². The normalized spacial score (nSPS) is 20.2. The largest absolute Gasteiger partial charge is 0.394 e. The first-order valence-corrected chi connectivity index (χ1v) is 6.53. The van der Waals surface area contributed by atoms with Gasteiger partial charge in [-0.2, -0.15) is 0 Å². The first-order valence-electron chi connectivity index (χ1n) is 6.15. The van der Waals surface area contributed by atoms with E-state index in [4.69, 9.17) is 21.4 Å². The number of nitrogens with zero attached hydrogens (tertiary/aromatic N) is 1. The molecule has 2 rings (SSSR count). The fraction of sp³-hybridized carbons (Fsp3) is 0.538. The quantitative estimate of drug-likeness (QED) is 0.865. The van der Waals surface area contributed by atoms with Crippen molar-refractivity contribution >= 4 is 17.3 Å². The second-order valence-corrected chi connectivity index (χ2v) is 4.83. The van der Waals surface area contributed by atoms with Gasteiger partial charge in [-0.05, 0) is 24.7 Å².